The van der Waals surface area contributed by atoms with Crippen molar-refractivity contribution in [3.05, 3.63) is 52.8 Å². The first kappa shape index (κ1) is 13.0. The van der Waals surface area contributed by atoms with Gasteiger partial charge < -0.3 is 5.32 Å². The lowest BCUT2D eigenvalue weighted by Gasteiger charge is -2.15. The third kappa shape index (κ3) is 2.86. The van der Waals surface area contributed by atoms with Crippen LogP contribution < -0.4 is 5.32 Å². The molecule has 2 rings (SSSR count). The third-order valence-electron chi connectivity index (χ3n) is 2.53. The largest absolute Gasteiger partial charge is 0.374 e. The minimum Gasteiger partial charge on any atom is -0.374 e. The second-order valence-electron chi connectivity index (χ2n) is 3.92. The number of anilines is 1. The summed E-state index contributed by atoms with van der Waals surface area (Å²) in [4.78, 5) is 12.0. The molecule has 0 aliphatic carbocycles. The molecule has 1 N–H and O–H groups in total. The Balaban J connectivity index is 2.09. The van der Waals surface area contributed by atoms with E-state index in [-0.39, 0.29) is 11.9 Å². The summed E-state index contributed by atoms with van der Waals surface area (Å²) < 4.78 is 1.54. The standard InChI is InChI=1S/C13H12Cl2N2O/c1-9(13(18)17-6-2-3-7-17)16-10-4-5-11(14)12(15)8-10/h2-9,16H,1H3. The van der Waals surface area contributed by atoms with Gasteiger partial charge in [-0.05, 0) is 37.3 Å². The molecule has 18 heavy (non-hydrogen) atoms. The molecule has 1 aromatic heterocycles. The molecule has 0 bridgehead atoms. The highest BCUT2D eigenvalue weighted by atomic mass is 35.5. The number of nitrogens with one attached hydrogen (secondary N) is 1. The molecule has 1 aromatic carbocycles. The highest BCUT2D eigenvalue weighted by molar-refractivity contribution is 6.42. The maximum atomic E-state index is 12.0. The Morgan fingerprint density at radius 3 is 2.50 bits per heavy atom. The summed E-state index contributed by atoms with van der Waals surface area (Å²) in [6.45, 7) is 1.80. The zero-order valence-corrected chi connectivity index (χ0v) is 11.2. The summed E-state index contributed by atoms with van der Waals surface area (Å²) in [7, 11) is 0. The van der Waals surface area contributed by atoms with Gasteiger partial charge in [0.15, 0.2) is 0 Å². The van der Waals surface area contributed by atoms with Crippen LogP contribution in [0.4, 0.5) is 5.69 Å². The number of nitrogens with zero attached hydrogens (tertiary/aromatic N) is 1. The lowest BCUT2D eigenvalue weighted by Crippen LogP contribution is -2.30. The van der Waals surface area contributed by atoms with E-state index < -0.39 is 0 Å². The van der Waals surface area contributed by atoms with Gasteiger partial charge in [-0.1, -0.05) is 23.2 Å². The first-order valence-electron chi connectivity index (χ1n) is 5.46. The van der Waals surface area contributed by atoms with Gasteiger partial charge in [0.1, 0.15) is 6.04 Å². The monoisotopic (exact) mass is 282 g/mol. The highest BCUT2D eigenvalue weighted by Gasteiger charge is 2.14. The van der Waals surface area contributed by atoms with E-state index in [0.717, 1.165) is 5.69 Å². The van der Waals surface area contributed by atoms with Crippen LogP contribution in [-0.2, 0) is 0 Å². The molecule has 0 fully saturated rings. The Morgan fingerprint density at radius 2 is 1.89 bits per heavy atom. The first-order chi connectivity index (χ1) is 8.58. The van der Waals surface area contributed by atoms with Crippen molar-refractivity contribution < 1.29 is 4.79 Å². The topological polar surface area (TPSA) is 34.0 Å². The van der Waals surface area contributed by atoms with Gasteiger partial charge >= 0.3 is 0 Å². The first-order valence-corrected chi connectivity index (χ1v) is 6.22. The van der Waals surface area contributed by atoms with Gasteiger partial charge in [0.25, 0.3) is 5.91 Å². The molecule has 0 saturated carbocycles. The van der Waals surface area contributed by atoms with Gasteiger partial charge in [-0.2, -0.15) is 0 Å². The molecular formula is C13H12Cl2N2O. The van der Waals surface area contributed by atoms with Crippen molar-refractivity contribution >= 4 is 34.8 Å². The minimum atomic E-state index is -0.352. The average molecular weight is 283 g/mol. The number of hydrogen-bond donors (Lipinski definition) is 1. The molecule has 1 unspecified atom stereocenters. The summed E-state index contributed by atoms with van der Waals surface area (Å²) >= 11 is 11.7. The van der Waals surface area contributed by atoms with Crippen molar-refractivity contribution in [1.82, 2.24) is 4.57 Å². The molecule has 0 aliphatic rings. The maximum Gasteiger partial charge on any atom is 0.252 e. The predicted molar refractivity (Wildman–Crippen MR) is 74.6 cm³/mol. The Labute approximate surface area is 115 Å². The fourth-order valence-corrected chi connectivity index (χ4v) is 1.90. The van der Waals surface area contributed by atoms with Crippen molar-refractivity contribution in [2.75, 3.05) is 5.32 Å². The van der Waals surface area contributed by atoms with Crippen LogP contribution in [0.1, 0.15) is 11.7 Å². The Kier molecular flexibility index (Phi) is 3.94. The number of aromatic nitrogens is 1. The molecule has 0 amide bonds. The smallest absolute Gasteiger partial charge is 0.252 e. The van der Waals surface area contributed by atoms with E-state index in [1.807, 2.05) is 12.1 Å². The third-order valence-corrected chi connectivity index (χ3v) is 3.27. The van der Waals surface area contributed by atoms with Crippen molar-refractivity contribution in [3.8, 4) is 0 Å². The number of carbonyl (C=O) groups excluding carboxylic acids is 1. The quantitative estimate of drug-likeness (QED) is 0.925. The summed E-state index contributed by atoms with van der Waals surface area (Å²) in [6, 6.07) is 8.44. The lowest BCUT2D eigenvalue weighted by atomic mass is 10.2. The van der Waals surface area contributed by atoms with Crippen LogP contribution in [0, 0.1) is 0 Å². The van der Waals surface area contributed by atoms with Crippen molar-refractivity contribution in [2.45, 2.75) is 13.0 Å². The van der Waals surface area contributed by atoms with Crippen molar-refractivity contribution in [1.29, 1.82) is 0 Å². The van der Waals surface area contributed by atoms with Crippen LogP contribution in [-0.4, -0.2) is 16.5 Å². The van der Waals surface area contributed by atoms with Gasteiger partial charge in [-0.3, -0.25) is 9.36 Å². The number of hydrogen-bond acceptors (Lipinski definition) is 2. The maximum absolute atomic E-state index is 12.0. The molecule has 2 aromatic rings. The van der Waals surface area contributed by atoms with Gasteiger partial charge in [0, 0.05) is 18.1 Å². The van der Waals surface area contributed by atoms with E-state index in [1.165, 1.54) is 4.57 Å². The van der Waals surface area contributed by atoms with Crippen molar-refractivity contribution in [3.63, 3.8) is 0 Å². The van der Waals surface area contributed by atoms with E-state index in [2.05, 4.69) is 5.32 Å². The van der Waals surface area contributed by atoms with Crippen LogP contribution in [0.15, 0.2) is 42.7 Å². The fourth-order valence-electron chi connectivity index (χ4n) is 1.60. The molecule has 1 heterocycles. The zero-order valence-electron chi connectivity index (χ0n) is 9.73. The van der Waals surface area contributed by atoms with E-state index in [0.29, 0.717) is 10.0 Å². The SMILES string of the molecule is CC(Nc1ccc(Cl)c(Cl)c1)C(=O)n1cccc1. The van der Waals surface area contributed by atoms with E-state index in [4.69, 9.17) is 23.2 Å². The van der Waals surface area contributed by atoms with Crippen LogP contribution in [0.2, 0.25) is 10.0 Å². The average Bonchev–Trinajstić information content (AvgIpc) is 2.86. The number of halogens is 2. The lowest BCUT2D eigenvalue weighted by molar-refractivity contribution is 0.0895. The van der Waals surface area contributed by atoms with Gasteiger partial charge in [-0.25, -0.2) is 0 Å². The summed E-state index contributed by atoms with van der Waals surface area (Å²) in [6.07, 6.45) is 3.44. The van der Waals surface area contributed by atoms with Crippen LogP contribution in [0.5, 0.6) is 0 Å². The molecule has 5 heteroatoms. The van der Waals surface area contributed by atoms with E-state index >= 15 is 0 Å². The van der Waals surface area contributed by atoms with E-state index in [1.54, 1.807) is 37.5 Å². The molecule has 0 aliphatic heterocycles. The number of benzene rings is 1. The predicted octanol–water partition coefficient (Wildman–Crippen LogP) is 3.94. The second kappa shape index (κ2) is 5.46. The van der Waals surface area contributed by atoms with Crippen molar-refractivity contribution in [2.24, 2.45) is 0 Å². The molecule has 94 valence electrons. The summed E-state index contributed by atoms with van der Waals surface area (Å²) in [5, 5.41) is 4.04. The van der Waals surface area contributed by atoms with Crippen LogP contribution >= 0.6 is 23.2 Å². The Bertz CT molecular complexity index is 552. The fraction of sp³-hybridized carbons (Fsp3) is 0.154. The molecule has 0 spiro atoms. The molecule has 0 radical (unpaired) electrons. The van der Waals surface area contributed by atoms with Gasteiger partial charge in [0.2, 0.25) is 0 Å². The highest BCUT2D eigenvalue weighted by Crippen LogP contribution is 2.25. The second-order valence-corrected chi connectivity index (χ2v) is 4.74. The van der Waals surface area contributed by atoms with Crippen LogP contribution in [0.3, 0.4) is 0 Å². The molecule has 3 nitrogen and oxygen atoms in total. The molecular weight excluding hydrogens is 271 g/mol. The van der Waals surface area contributed by atoms with Gasteiger partial charge in [0.05, 0.1) is 10.0 Å². The molecule has 0 saturated heterocycles. The van der Waals surface area contributed by atoms with E-state index in [9.17, 15) is 4.79 Å². The Hall–Kier alpha value is -1.45. The van der Waals surface area contributed by atoms with Gasteiger partial charge in [-0.15, -0.1) is 0 Å². The number of carbonyl (C=O) groups is 1. The molecule has 1 atom stereocenters. The minimum absolute atomic E-state index is 0.0360. The normalized spacial score (nSPS) is 12.2. The number of rotatable bonds is 3. The zero-order chi connectivity index (χ0) is 13.1. The summed E-state index contributed by atoms with van der Waals surface area (Å²) in [5.41, 5.74) is 0.761. The Morgan fingerprint density at radius 1 is 1.22 bits per heavy atom. The summed E-state index contributed by atoms with van der Waals surface area (Å²) in [5.74, 6) is -0.0360. The van der Waals surface area contributed by atoms with Crippen LogP contribution in [0.25, 0.3) is 0 Å².